The first-order valence-corrected chi connectivity index (χ1v) is 12.4. The van der Waals surface area contributed by atoms with Crippen LogP contribution in [0.4, 0.5) is 18.9 Å². The number of rotatable bonds is 8. The number of benzene rings is 2. The second kappa shape index (κ2) is 11.0. The highest BCUT2D eigenvalue weighted by molar-refractivity contribution is 5.80. The molecule has 3 heterocycles. The van der Waals surface area contributed by atoms with Crippen LogP contribution in [0, 0.1) is 0 Å². The van der Waals surface area contributed by atoms with E-state index in [9.17, 15) is 18.0 Å². The van der Waals surface area contributed by atoms with Gasteiger partial charge in [0.25, 0.3) is 5.56 Å². The fourth-order valence-electron chi connectivity index (χ4n) is 4.89. The van der Waals surface area contributed by atoms with E-state index in [0.29, 0.717) is 67.7 Å². The van der Waals surface area contributed by atoms with Gasteiger partial charge in [-0.05, 0) is 52.2 Å². The number of H-pyrrole nitrogens is 1. The molecule has 0 amide bonds. The Kier molecular flexibility index (Phi) is 7.53. The Balaban J connectivity index is 1.48. The van der Waals surface area contributed by atoms with Crippen LogP contribution in [0.15, 0.2) is 53.3 Å². The van der Waals surface area contributed by atoms with Gasteiger partial charge in [0.1, 0.15) is 11.8 Å². The van der Waals surface area contributed by atoms with Crippen LogP contribution in [0.25, 0.3) is 10.9 Å². The number of aromatic amines is 1. The summed E-state index contributed by atoms with van der Waals surface area (Å²) in [7, 11) is 3.14. The summed E-state index contributed by atoms with van der Waals surface area (Å²) in [6.45, 7) is 2.63. The molecule has 5 rings (SSSR count). The number of pyridine rings is 1. The summed E-state index contributed by atoms with van der Waals surface area (Å²) in [4.78, 5) is 20.4. The van der Waals surface area contributed by atoms with E-state index in [1.54, 1.807) is 31.0 Å². The number of tetrazole rings is 1. The third kappa shape index (κ3) is 5.59. The van der Waals surface area contributed by atoms with Crippen molar-refractivity contribution in [3.05, 3.63) is 75.8 Å². The number of aromatic nitrogens is 5. The van der Waals surface area contributed by atoms with Gasteiger partial charge in [0.2, 0.25) is 0 Å². The van der Waals surface area contributed by atoms with E-state index in [2.05, 4.69) is 25.4 Å². The molecule has 39 heavy (non-hydrogen) atoms. The highest BCUT2D eigenvalue weighted by Crippen LogP contribution is 2.33. The normalized spacial score (nSPS) is 15.6. The number of alkyl halides is 3. The molecule has 0 spiro atoms. The summed E-state index contributed by atoms with van der Waals surface area (Å²) >= 11 is 0. The molecule has 2 aromatic carbocycles. The number of anilines is 1. The Morgan fingerprint density at radius 3 is 2.56 bits per heavy atom. The zero-order chi connectivity index (χ0) is 27.6. The minimum absolute atomic E-state index is 0.289. The van der Waals surface area contributed by atoms with Crippen molar-refractivity contribution in [2.75, 3.05) is 51.9 Å². The highest BCUT2D eigenvalue weighted by Gasteiger charge is 2.34. The molecule has 206 valence electrons. The predicted octanol–water partition coefficient (Wildman–Crippen LogP) is 3.10. The Labute approximate surface area is 221 Å². The average Bonchev–Trinajstić information content (AvgIpc) is 3.40. The highest BCUT2D eigenvalue weighted by atomic mass is 19.4. The minimum Gasteiger partial charge on any atom is -0.497 e. The van der Waals surface area contributed by atoms with E-state index in [0.717, 1.165) is 11.5 Å². The molecule has 0 bridgehead atoms. The molecule has 10 nitrogen and oxygen atoms in total. The lowest BCUT2D eigenvalue weighted by Gasteiger charge is -2.39. The Hall–Kier alpha value is -3.97. The van der Waals surface area contributed by atoms with Crippen molar-refractivity contribution in [3.8, 4) is 5.75 Å². The zero-order valence-corrected chi connectivity index (χ0v) is 21.5. The van der Waals surface area contributed by atoms with Gasteiger partial charge >= 0.3 is 6.18 Å². The van der Waals surface area contributed by atoms with Gasteiger partial charge in [0.05, 0.1) is 31.3 Å². The van der Waals surface area contributed by atoms with E-state index in [1.165, 1.54) is 12.1 Å². The van der Waals surface area contributed by atoms with Gasteiger partial charge in [0, 0.05) is 50.6 Å². The lowest BCUT2D eigenvalue weighted by molar-refractivity contribution is -0.137. The summed E-state index contributed by atoms with van der Waals surface area (Å²) in [5.74, 6) is 1.11. The third-order valence-corrected chi connectivity index (χ3v) is 6.91. The quantitative estimate of drug-likeness (QED) is 0.362. The molecule has 0 unspecified atom stereocenters. The topological polar surface area (TPSA) is 101 Å². The number of piperazine rings is 1. The monoisotopic (exact) mass is 543 g/mol. The Morgan fingerprint density at radius 1 is 1.05 bits per heavy atom. The maximum atomic E-state index is 13.4. The molecule has 13 heteroatoms. The van der Waals surface area contributed by atoms with Gasteiger partial charge < -0.3 is 19.4 Å². The molecule has 2 aromatic heterocycles. The molecule has 0 aliphatic carbocycles. The van der Waals surface area contributed by atoms with Crippen LogP contribution >= 0.6 is 0 Å². The number of hydrogen-bond acceptors (Lipinski definition) is 8. The van der Waals surface area contributed by atoms with E-state index < -0.39 is 17.8 Å². The molecule has 1 saturated heterocycles. The molecule has 4 aromatic rings. The van der Waals surface area contributed by atoms with Crippen LogP contribution in [-0.2, 0) is 17.5 Å². The standard InChI is InChI=1S/C26H28F3N7O3/c1-38-13-12-36-24(31-32-33-36)23(21-14-17-6-7-20(39-2)16-22(17)30-25(21)37)35-10-8-34(9-11-35)19-5-3-4-18(15-19)26(27,28)29/h3-7,14-16,23H,8-13H2,1-2H3,(H,30,37)/t23-/m0/s1. The Morgan fingerprint density at radius 2 is 1.85 bits per heavy atom. The van der Waals surface area contributed by atoms with Crippen molar-refractivity contribution in [2.24, 2.45) is 0 Å². The summed E-state index contributed by atoms with van der Waals surface area (Å²) in [5.41, 5.74) is 0.631. The number of ether oxygens (including phenoxy) is 2. The first-order chi connectivity index (χ1) is 18.8. The SMILES string of the molecule is COCCn1nnnc1[C@H](c1cc2ccc(OC)cc2[nH]c1=O)N1CCN(c2cccc(C(F)(F)F)c2)CC1. The molecular formula is C26H28F3N7O3. The van der Waals surface area contributed by atoms with Gasteiger partial charge in [-0.15, -0.1) is 5.10 Å². The maximum Gasteiger partial charge on any atom is 0.416 e. The summed E-state index contributed by atoms with van der Waals surface area (Å²) < 4.78 is 51.9. The molecule has 0 radical (unpaired) electrons. The summed E-state index contributed by atoms with van der Waals surface area (Å²) in [6.07, 6.45) is -4.41. The van der Waals surface area contributed by atoms with E-state index in [1.807, 2.05) is 23.1 Å². The first-order valence-electron chi connectivity index (χ1n) is 12.4. The van der Waals surface area contributed by atoms with Gasteiger partial charge in [-0.3, -0.25) is 9.69 Å². The van der Waals surface area contributed by atoms with Crippen molar-refractivity contribution in [3.63, 3.8) is 0 Å². The summed E-state index contributed by atoms with van der Waals surface area (Å²) in [6, 6.07) is 12.0. The minimum atomic E-state index is -4.41. The van der Waals surface area contributed by atoms with Crippen molar-refractivity contribution in [1.29, 1.82) is 0 Å². The lowest BCUT2D eigenvalue weighted by Crippen LogP contribution is -2.49. The number of fused-ring (bicyclic) bond motifs is 1. The van der Waals surface area contributed by atoms with E-state index in [-0.39, 0.29) is 5.56 Å². The first kappa shape index (κ1) is 26.6. The molecule has 1 fully saturated rings. The zero-order valence-electron chi connectivity index (χ0n) is 21.5. The predicted molar refractivity (Wildman–Crippen MR) is 138 cm³/mol. The van der Waals surface area contributed by atoms with Crippen molar-refractivity contribution < 1.29 is 22.6 Å². The van der Waals surface area contributed by atoms with Crippen LogP contribution in [-0.4, -0.2) is 77.1 Å². The van der Waals surface area contributed by atoms with Crippen LogP contribution in [0.2, 0.25) is 0 Å². The Bertz CT molecular complexity index is 1500. The third-order valence-electron chi connectivity index (χ3n) is 6.91. The number of methoxy groups -OCH3 is 2. The molecule has 1 aliphatic heterocycles. The lowest BCUT2D eigenvalue weighted by atomic mass is 10.0. The largest absolute Gasteiger partial charge is 0.497 e. The average molecular weight is 544 g/mol. The smallest absolute Gasteiger partial charge is 0.416 e. The maximum absolute atomic E-state index is 13.4. The fourth-order valence-corrected chi connectivity index (χ4v) is 4.89. The molecule has 1 atom stereocenters. The number of nitrogens with one attached hydrogen (secondary N) is 1. The second-order valence-electron chi connectivity index (χ2n) is 9.23. The van der Waals surface area contributed by atoms with Crippen LogP contribution in [0.3, 0.4) is 0 Å². The van der Waals surface area contributed by atoms with E-state index in [4.69, 9.17) is 9.47 Å². The van der Waals surface area contributed by atoms with Crippen LogP contribution in [0.1, 0.15) is 23.0 Å². The van der Waals surface area contributed by atoms with Gasteiger partial charge in [0.15, 0.2) is 5.82 Å². The summed E-state index contributed by atoms with van der Waals surface area (Å²) in [5, 5.41) is 13.1. The number of nitrogens with zero attached hydrogens (tertiary/aromatic N) is 6. The van der Waals surface area contributed by atoms with E-state index >= 15 is 0 Å². The number of hydrogen-bond donors (Lipinski definition) is 1. The van der Waals surface area contributed by atoms with Crippen molar-refractivity contribution >= 4 is 16.6 Å². The second-order valence-corrected chi connectivity index (χ2v) is 9.23. The molecule has 1 aliphatic rings. The molecule has 1 N–H and O–H groups in total. The van der Waals surface area contributed by atoms with Crippen LogP contribution in [0.5, 0.6) is 5.75 Å². The molecular weight excluding hydrogens is 515 g/mol. The number of halogens is 3. The fraction of sp³-hybridized carbons (Fsp3) is 0.385. The van der Waals surface area contributed by atoms with Crippen LogP contribution < -0.4 is 15.2 Å². The van der Waals surface area contributed by atoms with Crippen molar-refractivity contribution in [2.45, 2.75) is 18.8 Å². The van der Waals surface area contributed by atoms with Gasteiger partial charge in [-0.25, -0.2) is 4.68 Å². The molecule has 0 saturated carbocycles. The van der Waals surface area contributed by atoms with Crippen molar-refractivity contribution in [1.82, 2.24) is 30.1 Å². The van der Waals surface area contributed by atoms with Gasteiger partial charge in [-0.1, -0.05) is 6.07 Å². The van der Waals surface area contributed by atoms with Gasteiger partial charge in [-0.2, -0.15) is 13.2 Å².